The molecule has 0 saturated carbocycles. The highest BCUT2D eigenvalue weighted by Crippen LogP contribution is 2.42. The number of ether oxygens (including phenoxy) is 3. The van der Waals surface area contributed by atoms with Crippen molar-refractivity contribution in [2.24, 2.45) is 0 Å². The van der Waals surface area contributed by atoms with Crippen LogP contribution in [0.1, 0.15) is 0 Å². The fourth-order valence-electron chi connectivity index (χ4n) is 2.82. The number of imidazole rings is 1. The number of nitrogens with zero attached hydrogens (tertiary/aromatic N) is 3. The zero-order valence-electron chi connectivity index (χ0n) is 14.9. The highest BCUT2D eigenvalue weighted by atomic mass is 79.9. The first-order valence-electron chi connectivity index (χ1n) is 8.07. The zero-order valence-corrected chi connectivity index (χ0v) is 17.3. The van der Waals surface area contributed by atoms with Crippen LogP contribution in [-0.2, 0) is 0 Å². The molecule has 0 aliphatic rings. The first-order chi connectivity index (χ1) is 13.2. The number of aromatic nitrogens is 3. The average Bonchev–Trinajstić information content (AvgIpc) is 3.27. The molecule has 0 bridgehead atoms. The Morgan fingerprint density at radius 2 is 1.59 bits per heavy atom. The highest BCUT2D eigenvalue weighted by Gasteiger charge is 2.19. The van der Waals surface area contributed by atoms with Gasteiger partial charge in [0.2, 0.25) is 10.7 Å². The monoisotopic (exact) mass is 445 g/mol. The fourth-order valence-corrected chi connectivity index (χ4v) is 4.39. The first kappa shape index (κ1) is 17.8. The molecule has 0 aliphatic heterocycles. The summed E-state index contributed by atoms with van der Waals surface area (Å²) >= 11 is 5.12. The maximum absolute atomic E-state index is 5.44. The van der Waals surface area contributed by atoms with Gasteiger partial charge in [0.05, 0.1) is 21.3 Å². The summed E-state index contributed by atoms with van der Waals surface area (Å²) < 4.78 is 18.9. The standard InChI is InChI=1S/C19H16BrN3O3S/c1-24-13-9-12(10-14(25-2)16(13)26-3)18-22-23-17(20)15(21-19(23)27-18)11-7-5-4-6-8-11/h4-10H,1-3H3. The minimum atomic E-state index is 0.553. The maximum atomic E-state index is 5.44. The summed E-state index contributed by atoms with van der Waals surface area (Å²) in [4.78, 5) is 5.53. The van der Waals surface area contributed by atoms with Crippen LogP contribution in [0.15, 0.2) is 47.1 Å². The van der Waals surface area contributed by atoms with Crippen molar-refractivity contribution in [3.05, 3.63) is 47.1 Å². The van der Waals surface area contributed by atoms with Gasteiger partial charge in [-0.15, -0.1) is 0 Å². The van der Waals surface area contributed by atoms with Crippen LogP contribution in [0.5, 0.6) is 17.2 Å². The lowest BCUT2D eigenvalue weighted by molar-refractivity contribution is 0.324. The van der Waals surface area contributed by atoms with Crippen LogP contribution in [0.4, 0.5) is 0 Å². The topological polar surface area (TPSA) is 57.9 Å². The van der Waals surface area contributed by atoms with Gasteiger partial charge < -0.3 is 14.2 Å². The van der Waals surface area contributed by atoms with Gasteiger partial charge in [-0.25, -0.2) is 4.98 Å². The van der Waals surface area contributed by atoms with Crippen LogP contribution in [0.2, 0.25) is 0 Å². The minimum absolute atomic E-state index is 0.553. The summed E-state index contributed by atoms with van der Waals surface area (Å²) in [5.74, 6) is 1.73. The largest absolute Gasteiger partial charge is 0.493 e. The van der Waals surface area contributed by atoms with Crippen molar-refractivity contribution in [1.29, 1.82) is 0 Å². The molecule has 0 radical (unpaired) electrons. The second kappa shape index (κ2) is 7.21. The quantitative estimate of drug-likeness (QED) is 0.436. The molecule has 0 atom stereocenters. The molecule has 4 aromatic rings. The van der Waals surface area contributed by atoms with E-state index in [1.54, 1.807) is 25.8 Å². The molecular weight excluding hydrogens is 430 g/mol. The van der Waals surface area contributed by atoms with Gasteiger partial charge in [-0.2, -0.15) is 9.61 Å². The molecule has 0 amide bonds. The molecule has 138 valence electrons. The number of rotatable bonds is 5. The van der Waals surface area contributed by atoms with Crippen molar-refractivity contribution in [2.45, 2.75) is 0 Å². The van der Waals surface area contributed by atoms with Crippen molar-refractivity contribution in [2.75, 3.05) is 21.3 Å². The van der Waals surface area contributed by atoms with Crippen LogP contribution < -0.4 is 14.2 Å². The van der Waals surface area contributed by atoms with E-state index in [1.807, 2.05) is 42.5 Å². The smallest absolute Gasteiger partial charge is 0.214 e. The SMILES string of the molecule is COc1cc(-c2nn3c(Br)c(-c4ccccc4)nc3s2)cc(OC)c1OC. The minimum Gasteiger partial charge on any atom is -0.493 e. The molecule has 0 spiro atoms. The third-order valence-electron chi connectivity index (χ3n) is 4.11. The van der Waals surface area contributed by atoms with E-state index in [9.17, 15) is 0 Å². The molecule has 2 aromatic carbocycles. The molecule has 27 heavy (non-hydrogen) atoms. The van der Waals surface area contributed by atoms with Crippen molar-refractivity contribution in [3.8, 4) is 39.1 Å². The lowest BCUT2D eigenvalue weighted by Crippen LogP contribution is -1.96. The van der Waals surface area contributed by atoms with Gasteiger partial charge in [-0.3, -0.25) is 0 Å². The number of hydrogen-bond donors (Lipinski definition) is 0. The summed E-state index contributed by atoms with van der Waals surface area (Å²) in [6.07, 6.45) is 0. The molecule has 8 heteroatoms. The van der Waals surface area contributed by atoms with Gasteiger partial charge in [0.15, 0.2) is 11.5 Å². The summed E-state index contributed by atoms with van der Waals surface area (Å²) in [5, 5.41) is 5.51. The number of methoxy groups -OCH3 is 3. The van der Waals surface area contributed by atoms with Crippen molar-refractivity contribution < 1.29 is 14.2 Å². The predicted molar refractivity (Wildman–Crippen MR) is 109 cm³/mol. The Bertz CT molecular complexity index is 1080. The van der Waals surface area contributed by atoms with Gasteiger partial charge in [-0.05, 0) is 28.1 Å². The summed E-state index contributed by atoms with van der Waals surface area (Å²) in [7, 11) is 4.77. The predicted octanol–water partition coefficient (Wildman–Crippen LogP) is 4.91. The van der Waals surface area contributed by atoms with Crippen LogP contribution in [-0.4, -0.2) is 35.9 Å². The van der Waals surface area contributed by atoms with E-state index in [4.69, 9.17) is 24.3 Å². The molecule has 0 unspecified atom stereocenters. The van der Waals surface area contributed by atoms with Crippen LogP contribution in [0.3, 0.4) is 0 Å². The third-order valence-corrected chi connectivity index (χ3v) is 5.78. The highest BCUT2D eigenvalue weighted by molar-refractivity contribution is 9.10. The lowest BCUT2D eigenvalue weighted by Gasteiger charge is -2.13. The van der Waals surface area contributed by atoms with E-state index in [-0.39, 0.29) is 0 Å². The molecule has 2 aromatic heterocycles. The molecule has 0 saturated heterocycles. The fraction of sp³-hybridized carbons (Fsp3) is 0.158. The van der Waals surface area contributed by atoms with E-state index >= 15 is 0 Å². The van der Waals surface area contributed by atoms with Crippen molar-refractivity contribution in [1.82, 2.24) is 14.6 Å². The first-order valence-corrected chi connectivity index (χ1v) is 9.68. The summed E-state index contributed by atoms with van der Waals surface area (Å²) in [5.41, 5.74) is 2.77. The van der Waals surface area contributed by atoms with E-state index in [1.165, 1.54) is 11.3 Å². The Hall–Kier alpha value is -2.58. The van der Waals surface area contributed by atoms with Gasteiger partial charge in [0.25, 0.3) is 0 Å². The van der Waals surface area contributed by atoms with Crippen LogP contribution >= 0.6 is 27.3 Å². The van der Waals surface area contributed by atoms with E-state index in [0.29, 0.717) is 17.2 Å². The zero-order chi connectivity index (χ0) is 19.0. The third kappa shape index (κ3) is 3.04. The molecule has 0 aliphatic carbocycles. The molecular formula is C19H16BrN3O3S. The van der Waals surface area contributed by atoms with Gasteiger partial charge >= 0.3 is 0 Å². The van der Waals surface area contributed by atoms with Crippen molar-refractivity contribution >= 4 is 32.2 Å². The van der Waals surface area contributed by atoms with Crippen molar-refractivity contribution in [3.63, 3.8) is 0 Å². The summed E-state index contributed by atoms with van der Waals surface area (Å²) in [6, 6.07) is 13.8. The Morgan fingerprint density at radius 3 is 2.15 bits per heavy atom. The number of benzene rings is 2. The Labute approximate surface area is 168 Å². The molecule has 4 rings (SSSR count). The Morgan fingerprint density at radius 1 is 0.926 bits per heavy atom. The van der Waals surface area contributed by atoms with E-state index in [0.717, 1.165) is 31.4 Å². The van der Waals surface area contributed by atoms with E-state index < -0.39 is 0 Å². The number of halogens is 1. The molecule has 6 nitrogen and oxygen atoms in total. The molecule has 0 fully saturated rings. The summed E-state index contributed by atoms with van der Waals surface area (Å²) in [6.45, 7) is 0. The normalized spacial score (nSPS) is 11.0. The molecule has 2 heterocycles. The second-order valence-corrected chi connectivity index (χ2v) is 7.34. The van der Waals surface area contributed by atoms with Crippen LogP contribution in [0.25, 0.3) is 26.8 Å². The Kier molecular flexibility index (Phi) is 4.75. The number of fused-ring (bicyclic) bond motifs is 1. The van der Waals surface area contributed by atoms with Gasteiger partial charge in [0.1, 0.15) is 15.3 Å². The number of hydrogen-bond acceptors (Lipinski definition) is 6. The van der Waals surface area contributed by atoms with Crippen LogP contribution in [0, 0.1) is 0 Å². The van der Waals surface area contributed by atoms with Gasteiger partial charge in [0, 0.05) is 11.1 Å². The average molecular weight is 446 g/mol. The lowest BCUT2D eigenvalue weighted by atomic mass is 10.2. The van der Waals surface area contributed by atoms with Gasteiger partial charge in [-0.1, -0.05) is 41.7 Å². The second-order valence-electron chi connectivity index (χ2n) is 5.63. The van der Waals surface area contributed by atoms with E-state index in [2.05, 4.69) is 15.9 Å². The Balaban J connectivity index is 1.82. The molecule has 0 N–H and O–H groups in total. The maximum Gasteiger partial charge on any atom is 0.214 e.